The average molecular weight is 1800 g/mol. The van der Waals surface area contributed by atoms with Crippen LogP contribution in [-0.2, 0) is 102 Å². The van der Waals surface area contributed by atoms with Crippen molar-refractivity contribution in [2.45, 2.75) is 311 Å². The minimum absolute atomic E-state index is 0.00566. The fourth-order valence-corrected chi connectivity index (χ4v) is 16.2. The summed E-state index contributed by atoms with van der Waals surface area (Å²) in [4.78, 5) is 116. The molecule has 4 aliphatic heterocycles. The Kier molecular flexibility index (Phi) is 53.3. The monoisotopic (exact) mass is 1800 g/mol. The van der Waals surface area contributed by atoms with E-state index in [1.54, 1.807) is 11.1 Å². The molecule has 5 aliphatic rings. The average Bonchev–Trinajstić information content (AvgIpc) is 0.797. The standard InChI is InChI=1S/C82H147N10O29PS/c1-54(96)88-69-75(106)72(103)62(47-93)119-79(69)115-40-20-12-9-17-35-85-65(99)32-43-112-51-82(52-113-44-33-66(100)86-36-18-10-13-21-41-116-80-70(89-55(2)97)76(107)73(104)63(48-94)120-80,53-114-45-34-67(101)87-37-19-11-14-22-42-117-81-71(90-56(3)98)77(108)74(105)64(49-95)121-81)91-78(109)58-30-38-92(39-31-58)68(102)27-16-8-6-5-7-15-26-61(84)60-25-23-24-57(28-29-59(60)46-83)50-118-122(110,123)111-4/h46,57-58,60,62-64,69-77,79-81,84,93-95,103-108H,5-45,47-53,83H2,1-4H3,(H,85,99)(H,86,100)(H,87,101)(H,88,96)(H,89,97)(H,90,98)(H,91,109)(H,110,123). The van der Waals surface area contributed by atoms with Gasteiger partial charge in [-0.2, -0.15) is 0 Å². The molecule has 8 amide bonds. The summed E-state index contributed by atoms with van der Waals surface area (Å²) in [6, 6.07) is -3.19. The first-order valence-electron chi connectivity index (χ1n) is 44.2. The first-order valence-corrected chi connectivity index (χ1v) is 46.8. The number of aliphatic hydroxyl groups is 9. The maximum Gasteiger partial charge on any atom is 0.324 e. The molecular weight excluding hydrogens is 1650 g/mol. The number of ether oxygens (including phenoxy) is 9. The third kappa shape index (κ3) is 41.0. The second-order valence-corrected chi connectivity index (χ2v) is 35.7. The summed E-state index contributed by atoms with van der Waals surface area (Å²) < 4.78 is 63.5. The van der Waals surface area contributed by atoms with Gasteiger partial charge in [-0.15, -0.1) is 0 Å². The van der Waals surface area contributed by atoms with Crippen molar-refractivity contribution >= 4 is 71.5 Å². The van der Waals surface area contributed by atoms with E-state index >= 15 is 0 Å². The number of nitrogens with one attached hydrogen (secondary N) is 8. The van der Waals surface area contributed by atoms with Crippen LogP contribution in [0.5, 0.6) is 0 Å². The molecule has 18 unspecified atom stereocenters. The Labute approximate surface area is 728 Å². The van der Waals surface area contributed by atoms with Crippen LogP contribution in [-0.4, -0.2) is 332 Å². The number of likely N-dealkylation sites (tertiary alicyclic amines) is 1. The lowest BCUT2D eigenvalue weighted by atomic mass is 9.79. The number of nitrogens with two attached hydrogens (primary N) is 1. The summed E-state index contributed by atoms with van der Waals surface area (Å²) in [7, 11) is 1.34. The summed E-state index contributed by atoms with van der Waals surface area (Å²) in [5, 5.41) is 120. The Hall–Kier alpha value is -5.22. The molecule has 20 N–H and O–H groups in total. The maximum atomic E-state index is 14.7. The maximum absolute atomic E-state index is 14.7. The normalized spacial score (nSPS) is 27.2. The Morgan fingerprint density at radius 2 is 0.886 bits per heavy atom. The number of nitrogens with zero attached hydrogens (tertiary/aromatic N) is 1. The van der Waals surface area contributed by atoms with Crippen LogP contribution in [0.3, 0.4) is 0 Å². The fourth-order valence-electron chi connectivity index (χ4n) is 15.5. The number of hydrogen-bond donors (Lipinski definition) is 19. The number of hydrogen-bond acceptors (Lipinski definition) is 31. The van der Waals surface area contributed by atoms with E-state index < -0.39 is 148 Å². The van der Waals surface area contributed by atoms with Gasteiger partial charge in [0.1, 0.15) is 78.6 Å². The minimum atomic E-state index is -3.24. The zero-order valence-corrected chi connectivity index (χ0v) is 74.2. The lowest BCUT2D eigenvalue weighted by molar-refractivity contribution is -0.270. The lowest BCUT2D eigenvalue weighted by Crippen LogP contribution is -2.64. The highest BCUT2D eigenvalue weighted by molar-refractivity contribution is 8.07. The van der Waals surface area contributed by atoms with Crippen molar-refractivity contribution in [2.75, 3.05) is 126 Å². The number of carbonyl (C=O) groups is 8. The molecule has 710 valence electrons. The molecule has 1 aliphatic carbocycles. The Morgan fingerprint density at radius 3 is 1.26 bits per heavy atom. The van der Waals surface area contributed by atoms with Gasteiger partial charge in [-0.1, -0.05) is 70.6 Å². The van der Waals surface area contributed by atoms with Crippen LogP contribution in [0.15, 0.2) is 11.8 Å². The smallest absolute Gasteiger partial charge is 0.324 e. The van der Waals surface area contributed by atoms with Crippen molar-refractivity contribution in [3.8, 4) is 0 Å². The van der Waals surface area contributed by atoms with Crippen molar-refractivity contribution in [1.82, 2.24) is 42.1 Å². The van der Waals surface area contributed by atoms with E-state index in [2.05, 4.69) is 37.2 Å². The van der Waals surface area contributed by atoms with Gasteiger partial charge < -0.3 is 156 Å². The van der Waals surface area contributed by atoms with Gasteiger partial charge in [0.2, 0.25) is 47.3 Å². The second kappa shape index (κ2) is 60.6. The molecule has 123 heavy (non-hydrogen) atoms. The van der Waals surface area contributed by atoms with Gasteiger partial charge in [0, 0.05) is 124 Å². The van der Waals surface area contributed by atoms with E-state index in [1.807, 2.05) is 0 Å². The highest BCUT2D eigenvalue weighted by Crippen LogP contribution is 2.44. The topological polar surface area (TPSA) is 578 Å². The zero-order valence-electron chi connectivity index (χ0n) is 72.5. The molecule has 0 aromatic carbocycles. The van der Waals surface area contributed by atoms with Crippen LogP contribution in [0.4, 0.5) is 0 Å². The Morgan fingerprint density at radius 1 is 0.512 bits per heavy atom. The largest absolute Gasteiger partial charge is 0.405 e. The molecular formula is C82H147N10O29PS. The van der Waals surface area contributed by atoms with Crippen molar-refractivity contribution in [2.24, 2.45) is 23.5 Å². The predicted molar refractivity (Wildman–Crippen MR) is 451 cm³/mol. The quantitative estimate of drug-likeness (QED) is 0.0221. The van der Waals surface area contributed by atoms with Crippen LogP contribution in [0.2, 0.25) is 0 Å². The number of amides is 8. The summed E-state index contributed by atoms with van der Waals surface area (Å²) in [5.41, 5.74) is 6.41. The molecule has 5 rings (SSSR count). The van der Waals surface area contributed by atoms with Gasteiger partial charge in [0.15, 0.2) is 18.9 Å². The van der Waals surface area contributed by atoms with E-state index in [-0.39, 0.29) is 120 Å². The minimum Gasteiger partial charge on any atom is -0.405 e. The summed E-state index contributed by atoms with van der Waals surface area (Å²) in [6.45, 7) is 0.360. The highest BCUT2D eigenvalue weighted by atomic mass is 32.5. The van der Waals surface area contributed by atoms with Gasteiger partial charge in [-0.05, 0) is 126 Å². The number of unbranched alkanes of at least 4 members (excludes halogenated alkanes) is 14. The number of carbonyl (C=O) groups excluding carboxylic acids is 8. The number of aliphatic hydroxyl groups excluding tert-OH is 9. The Balaban J connectivity index is 1.15. The molecule has 5 fully saturated rings. The van der Waals surface area contributed by atoms with Crippen LogP contribution in [0.25, 0.3) is 0 Å². The van der Waals surface area contributed by atoms with E-state index in [0.717, 1.165) is 69.8 Å². The van der Waals surface area contributed by atoms with Gasteiger partial charge in [-0.3, -0.25) is 38.4 Å². The van der Waals surface area contributed by atoms with Crippen LogP contribution in [0, 0.1) is 23.2 Å². The summed E-state index contributed by atoms with van der Waals surface area (Å²) >= 11 is 5.01. The summed E-state index contributed by atoms with van der Waals surface area (Å²) in [5.74, 6) is -3.02. The van der Waals surface area contributed by atoms with E-state index in [0.29, 0.717) is 154 Å². The third-order valence-electron chi connectivity index (χ3n) is 22.8. The number of allylic oxidation sites excluding steroid dienone is 1. The van der Waals surface area contributed by atoms with Crippen LogP contribution >= 0.6 is 6.72 Å². The van der Waals surface area contributed by atoms with Gasteiger partial charge in [0.05, 0.1) is 66.1 Å². The van der Waals surface area contributed by atoms with E-state index in [1.165, 1.54) is 27.9 Å². The number of piperidine rings is 1. The van der Waals surface area contributed by atoms with Crippen molar-refractivity contribution in [1.29, 1.82) is 5.41 Å². The van der Waals surface area contributed by atoms with Crippen LogP contribution in [0.1, 0.15) is 213 Å². The van der Waals surface area contributed by atoms with Crippen molar-refractivity contribution < 1.29 is 141 Å². The molecule has 4 saturated heterocycles. The molecule has 1 saturated carbocycles. The molecule has 0 spiro atoms. The first kappa shape index (κ1) is 108. The van der Waals surface area contributed by atoms with E-state index in [9.17, 15) is 89.2 Å². The molecule has 0 aromatic rings. The van der Waals surface area contributed by atoms with Gasteiger partial charge in [-0.25, -0.2) is 0 Å². The highest BCUT2D eigenvalue weighted by Gasteiger charge is 2.49. The van der Waals surface area contributed by atoms with Crippen molar-refractivity contribution in [3.63, 3.8) is 0 Å². The third-order valence-corrected chi connectivity index (χ3v) is 24.5. The lowest BCUT2D eigenvalue weighted by Gasteiger charge is -2.42. The molecule has 18 atom stereocenters. The van der Waals surface area contributed by atoms with E-state index in [4.69, 9.17) is 74.6 Å². The SMILES string of the molecule is COP(O)(=S)OCC1CCCC(C(=N)CCCCCCCCC(=O)N2CCC(C(=O)NC(COCCC(=O)NCCCCCCOC3OC(CO)C(O)C(O)C3NC(C)=O)(COCCC(=O)NCCCCCCOC3OC(CO)C(O)C(O)C3NC(C)=O)COCCC(=O)NCCCCCCOC3OC(CO)C(O)C(O)C3NC(C)=O)CC2)C(=CN)CC1. The van der Waals surface area contributed by atoms with Crippen molar-refractivity contribution in [3.05, 3.63) is 11.8 Å². The molecule has 0 bridgehead atoms. The van der Waals surface area contributed by atoms with Gasteiger partial charge >= 0.3 is 6.72 Å². The molecule has 4 heterocycles. The van der Waals surface area contributed by atoms with Crippen LogP contribution < -0.4 is 43.0 Å². The molecule has 39 nitrogen and oxygen atoms in total. The fraction of sp³-hybridized carbons (Fsp3) is 0.866. The molecule has 0 radical (unpaired) electrons. The second-order valence-electron chi connectivity index (χ2n) is 32.8. The zero-order chi connectivity index (χ0) is 90.1. The molecule has 41 heteroatoms. The number of rotatable bonds is 61. The van der Waals surface area contributed by atoms with Gasteiger partial charge in [0.25, 0.3) is 0 Å². The summed E-state index contributed by atoms with van der Waals surface area (Å²) in [6.07, 6.45) is 5.01. The first-order chi connectivity index (χ1) is 59.0. The molecule has 0 aromatic heterocycles. The predicted octanol–water partition coefficient (Wildman–Crippen LogP) is 0.270. The Bertz CT molecular complexity index is 2970.